The molecule has 2 heterocycles. The average molecular weight is 391 g/mol. The number of nitrogens with zero attached hydrogens (tertiary/aromatic N) is 3. The molecule has 30 heavy (non-hydrogen) atoms. The van der Waals surface area contributed by atoms with Crippen molar-refractivity contribution in [2.24, 2.45) is 0 Å². The minimum Gasteiger partial charge on any atom is -0.324 e. The van der Waals surface area contributed by atoms with Gasteiger partial charge in [0.25, 0.3) is 0 Å². The van der Waals surface area contributed by atoms with E-state index in [4.69, 9.17) is 10.4 Å². The lowest BCUT2D eigenvalue weighted by Gasteiger charge is -2.14. The first kappa shape index (κ1) is 18.1. The quantitative estimate of drug-likeness (QED) is 0.425. The second-order valence-corrected chi connectivity index (χ2v) is 7.18. The van der Waals surface area contributed by atoms with Crippen molar-refractivity contribution in [1.29, 1.82) is 5.41 Å². The molecule has 0 saturated carbocycles. The number of fused-ring (bicyclic) bond motifs is 2. The van der Waals surface area contributed by atoms with E-state index >= 15 is 0 Å². The van der Waals surface area contributed by atoms with Gasteiger partial charge in [-0.3, -0.25) is 5.41 Å². The van der Waals surface area contributed by atoms with Gasteiger partial charge in [-0.2, -0.15) is 4.98 Å². The summed E-state index contributed by atoms with van der Waals surface area (Å²) in [4.78, 5) is 9.20. The Kier molecular flexibility index (Phi) is 4.48. The summed E-state index contributed by atoms with van der Waals surface area (Å²) in [6, 6.07) is 26.5. The fraction of sp³-hybridized carbons (Fsp3) is 0.0800. The fourth-order valence-corrected chi connectivity index (χ4v) is 3.77. The molecule has 0 spiro atoms. The Morgan fingerprint density at radius 1 is 0.867 bits per heavy atom. The zero-order valence-electron chi connectivity index (χ0n) is 16.6. The van der Waals surface area contributed by atoms with Gasteiger partial charge in [0.05, 0.1) is 0 Å². The molecule has 5 heteroatoms. The first-order chi connectivity index (χ1) is 14.7. The largest absolute Gasteiger partial charge is 0.324 e. The number of para-hydroxylation sites is 1. The number of aryl methyl sites for hydroxylation is 1. The van der Waals surface area contributed by atoms with Crippen molar-refractivity contribution in [2.45, 2.75) is 13.5 Å². The van der Waals surface area contributed by atoms with Gasteiger partial charge in [0, 0.05) is 29.4 Å². The predicted octanol–water partition coefficient (Wildman–Crippen LogP) is 5.49. The molecular formula is C25H21N5. The van der Waals surface area contributed by atoms with E-state index in [-0.39, 0.29) is 0 Å². The van der Waals surface area contributed by atoms with Gasteiger partial charge in [0.1, 0.15) is 11.1 Å². The first-order valence-corrected chi connectivity index (χ1v) is 9.99. The van der Waals surface area contributed by atoms with Gasteiger partial charge in [-0.05, 0) is 47.5 Å². The zero-order valence-corrected chi connectivity index (χ0v) is 16.6. The monoisotopic (exact) mass is 391 g/mol. The summed E-state index contributed by atoms with van der Waals surface area (Å²) in [7, 11) is 0. The number of benzene rings is 3. The molecule has 0 aliphatic carbocycles. The van der Waals surface area contributed by atoms with Crippen molar-refractivity contribution < 1.29 is 0 Å². The van der Waals surface area contributed by atoms with E-state index in [0.29, 0.717) is 18.0 Å². The molecule has 0 amide bonds. The fourth-order valence-electron chi connectivity index (χ4n) is 3.77. The van der Waals surface area contributed by atoms with Crippen LogP contribution in [-0.4, -0.2) is 14.5 Å². The number of rotatable bonds is 4. The predicted molar refractivity (Wildman–Crippen MR) is 122 cm³/mol. The maximum Gasteiger partial charge on any atom is 0.229 e. The molecule has 0 bridgehead atoms. The molecule has 146 valence electrons. The molecule has 5 rings (SSSR count). The molecule has 0 atom stereocenters. The molecule has 0 radical (unpaired) electrons. The highest BCUT2D eigenvalue weighted by atomic mass is 15.1. The highest BCUT2D eigenvalue weighted by molar-refractivity contribution is 5.89. The molecule has 3 aromatic carbocycles. The van der Waals surface area contributed by atoms with Crippen molar-refractivity contribution in [3.05, 3.63) is 90.5 Å². The van der Waals surface area contributed by atoms with Crippen molar-refractivity contribution >= 4 is 33.4 Å². The summed E-state index contributed by atoms with van der Waals surface area (Å²) in [5.74, 6) is 0.522. The number of aromatic nitrogens is 3. The van der Waals surface area contributed by atoms with Crippen LogP contribution in [0.5, 0.6) is 0 Å². The van der Waals surface area contributed by atoms with E-state index in [1.807, 2.05) is 66.2 Å². The summed E-state index contributed by atoms with van der Waals surface area (Å²) in [6.07, 6.45) is 1.82. The maximum atomic E-state index is 8.85. The number of pyridine rings is 1. The van der Waals surface area contributed by atoms with Crippen LogP contribution in [0.2, 0.25) is 0 Å². The third-order valence-corrected chi connectivity index (χ3v) is 5.28. The van der Waals surface area contributed by atoms with E-state index in [2.05, 4.69) is 40.6 Å². The van der Waals surface area contributed by atoms with Gasteiger partial charge >= 0.3 is 0 Å². The number of anilines is 2. The highest BCUT2D eigenvalue weighted by Crippen LogP contribution is 2.25. The highest BCUT2D eigenvalue weighted by Gasteiger charge is 2.11. The smallest absolute Gasteiger partial charge is 0.229 e. The standard InChI is InChI=1S/C25H21N5/c1-2-30-23(26)22(19-13-12-17-8-6-7-9-18(17)14-19)15-20-16-27-25(29-24(20)30)28-21-10-4-3-5-11-21/h3-16,26H,2H2,1H3,(H,27,28,29). The molecule has 2 N–H and O–H groups in total. The van der Waals surface area contributed by atoms with E-state index in [1.54, 1.807) is 0 Å². The summed E-state index contributed by atoms with van der Waals surface area (Å²) in [5.41, 5.74) is 4.03. The zero-order chi connectivity index (χ0) is 20.5. The molecule has 0 saturated heterocycles. The topological polar surface area (TPSA) is 66.6 Å². The lowest BCUT2D eigenvalue weighted by atomic mass is 10.0. The summed E-state index contributed by atoms with van der Waals surface area (Å²) in [5, 5.41) is 15.4. The molecule has 0 fully saturated rings. The van der Waals surface area contributed by atoms with Crippen LogP contribution in [0, 0.1) is 5.41 Å². The van der Waals surface area contributed by atoms with Crippen LogP contribution in [-0.2, 0) is 6.54 Å². The van der Waals surface area contributed by atoms with Crippen LogP contribution in [0.25, 0.3) is 32.9 Å². The second kappa shape index (κ2) is 7.44. The van der Waals surface area contributed by atoms with Crippen LogP contribution >= 0.6 is 0 Å². The Morgan fingerprint density at radius 2 is 1.63 bits per heavy atom. The molecule has 2 aromatic heterocycles. The summed E-state index contributed by atoms with van der Waals surface area (Å²) >= 11 is 0. The van der Waals surface area contributed by atoms with E-state index in [0.717, 1.165) is 33.2 Å². The molecule has 0 aliphatic heterocycles. The van der Waals surface area contributed by atoms with Gasteiger partial charge in [0.15, 0.2) is 0 Å². The van der Waals surface area contributed by atoms with E-state index in [9.17, 15) is 0 Å². The Bertz CT molecular complexity index is 1420. The second-order valence-electron chi connectivity index (χ2n) is 7.18. The lowest BCUT2D eigenvalue weighted by molar-refractivity contribution is 0.726. The molecule has 0 aliphatic rings. The molecule has 0 unspecified atom stereocenters. The van der Waals surface area contributed by atoms with Crippen molar-refractivity contribution in [3.63, 3.8) is 0 Å². The van der Waals surface area contributed by atoms with Crippen molar-refractivity contribution in [2.75, 3.05) is 5.32 Å². The lowest BCUT2D eigenvalue weighted by Crippen LogP contribution is -2.22. The number of nitrogens with one attached hydrogen (secondary N) is 2. The van der Waals surface area contributed by atoms with Crippen LogP contribution in [0.15, 0.2) is 85.1 Å². The molecule has 5 nitrogen and oxygen atoms in total. The average Bonchev–Trinajstić information content (AvgIpc) is 2.79. The Morgan fingerprint density at radius 3 is 2.43 bits per heavy atom. The summed E-state index contributed by atoms with van der Waals surface area (Å²) < 4.78 is 1.93. The Labute approximate surface area is 174 Å². The van der Waals surface area contributed by atoms with Crippen LogP contribution in [0.3, 0.4) is 0 Å². The third kappa shape index (κ3) is 3.20. The minimum absolute atomic E-state index is 0.449. The third-order valence-electron chi connectivity index (χ3n) is 5.28. The van der Waals surface area contributed by atoms with Gasteiger partial charge in [-0.15, -0.1) is 0 Å². The number of hydrogen-bond donors (Lipinski definition) is 2. The van der Waals surface area contributed by atoms with Crippen molar-refractivity contribution in [1.82, 2.24) is 14.5 Å². The minimum atomic E-state index is 0.449. The van der Waals surface area contributed by atoms with Gasteiger partial charge in [-0.25, -0.2) is 4.98 Å². The first-order valence-electron chi connectivity index (χ1n) is 9.99. The maximum absolute atomic E-state index is 8.85. The van der Waals surface area contributed by atoms with Crippen LogP contribution in [0.1, 0.15) is 6.92 Å². The normalized spacial score (nSPS) is 11.1. The van der Waals surface area contributed by atoms with Gasteiger partial charge < -0.3 is 9.88 Å². The van der Waals surface area contributed by atoms with Gasteiger partial charge in [-0.1, -0.05) is 54.6 Å². The Hall–Kier alpha value is -3.99. The Balaban J connectivity index is 1.64. The van der Waals surface area contributed by atoms with Crippen molar-refractivity contribution in [3.8, 4) is 11.1 Å². The molecule has 5 aromatic rings. The van der Waals surface area contributed by atoms with Gasteiger partial charge in [0.2, 0.25) is 5.95 Å². The SMILES string of the molecule is CCn1c(=N)c(-c2ccc3ccccc3c2)cc2cnc(Nc3ccccc3)nc21. The number of hydrogen-bond acceptors (Lipinski definition) is 4. The van der Waals surface area contributed by atoms with Crippen LogP contribution in [0.4, 0.5) is 11.6 Å². The summed E-state index contributed by atoms with van der Waals surface area (Å²) in [6.45, 7) is 2.69. The molecular weight excluding hydrogens is 370 g/mol. The van der Waals surface area contributed by atoms with Crippen LogP contribution < -0.4 is 10.8 Å². The van der Waals surface area contributed by atoms with E-state index in [1.165, 1.54) is 5.39 Å². The van der Waals surface area contributed by atoms with E-state index < -0.39 is 0 Å².